The molecule has 0 bridgehead atoms. The molecule has 2 atom stereocenters. The van der Waals surface area contributed by atoms with E-state index in [1.807, 2.05) is 0 Å². The Balaban J connectivity index is 2.41. The number of hydrogen-bond donors (Lipinski definition) is 1. The third-order valence-corrected chi connectivity index (χ3v) is 4.11. The van der Waals surface area contributed by atoms with Crippen molar-refractivity contribution in [3.05, 3.63) is 34.6 Å². The van der Waals surface area contributed by atoms with E-state index in [1.165, 1.54) is 6.07 Å². The second kappa shape index (κ2) is 4.50. The Morgan fingerprint density at radius 3 is 2.56 bits per heavy atom. The minimum absolute atomic E-state index is 0.151. The van der Waals surface area contributed by atoms with Gasteiger partial charge in [0.05, 0.1) is 0 Å². The molecular weight excluding hydrogens is 249 g/mol. The van der Waals surface area contributed by atoms with Crippen LogP contribution in [0.25, 0.3) is 0 Å². The standard InChI is InChI=1S/C15H21ClFN/c1-10-7-14(2,3)9-15(18,8-10)12-5-4-11(16)6-13(12)17/h4-6,10H,7-9,18H2,1-3H3. The number of halogens is 2. The summed E-state index contributed by atoms with van der Waals surface area (Å²) in [6.45, 7) is 6.60. The Morgan fingerprint density at radius 2 is 2.00 bits per heavy atom. The first kappa shape index (κ1) is 13.8. The molecule has 0 spiro atoms. The maximum absolute atomic E-state index is 14.1. The highest BCUT2D eigenvalue weighted by atomic mass is 35.5. The number of benzene rings is 1. The second-order valence-electron chi connectivity index (χ2n) is 6.63. The summed E-state index contributed by atoms with van der Waals surface area (Å²) in [5, 5.41) is 0.419. The molecule has 3 heteroatoms. The Hall–Kier alpha value is -0.600. The molecule has 0 aliphatic heterocycles. The number of nitrogens with two attached hydrogens (primary N) is 1. The zero-order chi connectivity index (χ0) is 13.6. The predicted octanol–water partition coefficient (Wildman–Crippen LogP) is 4.48. The first-order chi connectivity index (χ1) is 8.22. The van der Waals surface area contributed by atoms with E-state index >= 15 is 0 Å². The van der Waals surface area contributed by atoms with Crippen LogP contribution in [0.15, 0.2) is 18.2 Å². The molecule has 1 aromatic rings. The fraction of sp³-hybridized carbons (Fsp3) is 0.600. The van der Waals surface area contributed by atoms with E-state index in [0.29, 0.717) is 16.5 Å². The molecule has 0 aromatic heterocycles. The molecule has 2 rings (SSSR count). The van der Waals surface area contributed by atoms with Gasteiger partial charge in [0, 0.05) is 16.1 Å². The van der Waals surface area contributed by atoms with Gasteiger partial charge in [0.25, 0.3) is 0 Å². The maximum atomic E-state index is 14.1. The average Bonchev–Trinajstić information content (AvgIpc) is 2.11. The molecule has 1 aliphatic carbocycles. The van der Waals surface area contributed by atoms with Crippen LogP contribution in [-0.2, 0) is 5.54 Å². The average molecular weight is 270 g/mol. The van der Waals surface area contributed by atoms with Crippen molar-refractivity contribution in [1.82, 2.24) is 0 Å². The Labute approximate surface area is 114 Å². The molecule has 1 aromatic carbocycles. The highest BCUT2D eigenvalue weighted by Crippen LogP contribution is 2.47. The fourth-order valence-corrected chi connectivity index (χ4v) is 3.89. The molecular formula is C15H21ClFN. The molecule has 0 amide bonds. The topological polar surface area (TPSA) is 26.0 Å². The van der Waals surface area contributed by atoms with Crippen LogP contribution in [0.4, 0.5) is 4.39 Å². The molecule has 100 valence electrons. The van der Waals surface area contributed by atoms with Crippen LogP contribution < -0.4 is 5.73 Å². The smallest absolute Gasteiger partial charge is 0.129 e. The normalized spacial score (nSPS) is 31.3. The zero-order valence-electron chi connectivity index (χ0n) is 11.3. The lowest BCUT2D eigenvalue weighted by Crippen LogP contribution is -2.47. The highest BCUT2D eigenvalue weighted by molar-refractivity contribution is 6.30. The fourth-order valence-electron chi connectivity index (χ4n) is 3.73. The van der Waals surface area contributed by atoms with Crippen molar-refractivity contribution in [3.63, 3.8) is 0 Å². The highest BCUT2D eigenvalue weighted by Gasteiger charge is 2.42. The monoisotopic (exact) mass is 269 g/mol. The molecule has 2 N–H and O–H groups in total. The summed E-state index contributed by atoms with van der Waals surface area (Å²) in [6, 6.07) is 4.82. The van der Waals surface area contributed by atoms with Gasteiger partial charge in [-0.2, -0.15) is 0 Å². The summed E-state index contributed by atoms with van der Waals surface area (Å²) in [5.74, 6) is 0.226. The van der Waals surface area contributed by atoms with Gasteiger partial charge in [-0.05, 0) is 42.7 Å². The van der Waals surface area contributed by atoms with E-state index in [2.05, 4.69) is 20.8 Å². The van der Waals surface area contributed by atoms with Crippen LogP contribution in [0.1, 0.15) is 45.6 Å². The quantitative estimate of drug-likeness (QED) is 0.799. The molecule has 1 fully saturated rings. The van der Waals surface area contributed by atoms with Crippen molar-refractivity contribution in [2.45, 2.75) is 45.6 Å². The summed E-state index contributed by atoms with van der Waals surface area (Å²) < 4.78 is 14.1. The number of rotatable bonds is 1. The van der Waals surface area contributed by atoms with Crippen molar-refractivity contribution < 1.29 is 4.39 Å². The summed E-state index contributed by atoms with van der Waals surface area (Å²) >= 11 is 5.81. The second-order valence-corrected chi connectivity index (χ2v) is 7.07. The molecule has 1 nitrogen and oxygen atoms in total. The lowest BCUT2D eigenvalue weighted by atomic mass is 9.62. The first-order valence-corrected chi connectivity index (χ1v) is 6.84. The molecule has 0 radical (unpaired) electrons. The molecule has 1 saturated carbocycles. The van der Waals surface area contributed by atoms with Gasteiger partial charge in [-0.15, -0.1) is 0 Å². The third kappa shape index (κ3) is 2.70. The van der Waals surface area contributed by atoms with E-state index in [1.54, 1.807) is 12.1 Å². The Morgan fingerprint density at radius 1 is 1.33 bits per heavy atom. The van der Waals surface area contributed by atoms with Gasteiger partial charge in [0.1, 0.15) is 5.82 Å². The minimum Gasteiger partial charge on any atom is -0.321 e. The van der Waals surface area contributed by atoms with Crippen LogP contribution in [0.3, 0.4) is 0 Å². The van der Waals surface area contributed by atoms with Gasteiger partial charge in [-0.3, -0.25) is 0 Å². The van der Waals surface area contributed by atoms with Crippen molar-refractivity contribution in [3.8, 4) is 0 Å². The van der Waals surface area contributed by atoms with Gasteiger partial charge < -0.3 is 5.73 Å². The van der Waals surface area contributed by atoms with Gasteiger partial charge in [-0.25, -0.2) is 4.39 Å². The van der Waals surface area contributed by atoms with Crippen LogP contribution in [0, 0.1) is 17.2 Å². The van der Waals surface area contributed by atoms with E-state index in [0.717, 1.165) is 19.3 Å². The van der Waals surface area contributed by atoms with Crippen molar-refractivity contribution in [1.29, 1.82) is 0 Å². The van der Waals surface area contributed by atoms with Gasteiger partial charge in [0.15, 0.2) is 0 Å². The van der Waals surface area contributed by atoms with E-state index in [-0.39, 0.29) is 11.2 Å². The third-order valence-electron chi connectivity index (χ3n) is 3.88. The first-order valence-electron chi connectivity index (χ1n) is 6.46. The van der Waals surface area contributed by atoms with Crippen molar-refractivity contribution in [2.75, 3.05) is 0 Å². The molecule has 2 unspecified atom stereocenters. The zero-order valence-corrected chi connectivity index (χ0v) is 12.0. The van der Waals surface area contributed by atoms with Crippen LogP contribution in [0.5, 0.6) is 0 Å². The predicted molar refractivity (Wildman–Crippen MR) is 74.1 cm³/mol. The Kier molecular flexibility index (Phi) is 3.46. The van der Waals surface area contributed by atoms with Crippen LogP contribution in [0.2, 0.25) is 5.02 Å². The molecule has 0 heterocycles. The Bertz CT molecular complexity index is 458. The van der Waals surface area contributed by atoms with Crippen LogP contribution >= 0.6 is 11.6 Å². The molecule has 18 heavy (non-hydrogen) atoms. The van der Waals surface area contributed by atoms with Crippen molar-refractivity contribution >= 4 is 11.6 Å². The lowest BCUT2D eigenvalue weighted by molar-refractivity contribution is 0.105. The van der Waals surface area contributed by atoms with Crippen LogP contribution in [-0.4, -0.2) is 0 Å². The summed E-state index contributed by atoms with van der Waals surface area (Å²) in [7, 11) is 0. The summed E-state index contributed by atoms with van der Waals surface area (Å²) in [6.07, 6.45) is 2.78. The SMILES string of the molecule is CC1CC(C)(C)CC(N)(c2ccc(Cl)cc2F)C1. The molecule has 0 saturated heterocycles. The summed E-state index contributed by atoms with van der Waals surface area (Å²) in [5.41, 5.74) is 6.70. The van der Waals surface area contributed by atoms with Gasteiger partial charge >= 0.3 is 0 Å². The van der Waals surface area contributed by atoms with Gasteiger partial charge in [-0.1, -0.05) is 38.4 Å². The lowest BCUT2D eigenvalue weighted by Gasteiger charge is -2.46. The van der Waals surface area contributed by atoms with Crippen molar-refractivity contribution in [2.24, 2.45) is 17.1 Å². The van der Waals surface area contributed by atoms with E-state index < -0.39 is 5.54 Å². The van der Waals surface area contributed by atoms with E-state index in [9.17, 15) is 4.39 Å². The number of hydrogen-bond acceptors (Lipinski definition) is 1. The minimum atomic E-state index is -0.574. The maximum Gasteiger partial charge on any atom is 0.129 e. The molecule has 1 aliphatic rings. The van der Waals surface area contributed by atoms with E-state index in [4.69, 9.17) is 17.3 Å². The van der Waals surface area contributed by atoms with Gasteiger partial charge in [0.2, 0.25) is 0 Å². The summed E-state index contributed by atoms with van der Waals surface area (Å²) in [4.78, 5) is 0. The largest absolute Gasteiger partial charge is 0.321 e.